The third kappa shape index (κ3) is 2.47. The molecule has 3 N–H and O–H groups in total. The Morgan fingerprint density at radius 2 is 2.47 bits per heavy atom. The lowest BCUT2D eigenvalue weighted by atomic mass is 10.2. The Bertz CT molecular complexity index is 422. The molecular weight excluding hydrogens is 220 g/mol. The van der Waals surface area contributed by atoms with Crippen molar-refractivity contribution >= 4 is 11.7 Å². The molecule has 1 aliphatic heterocycles. The number of hydrogen-bond donors (Lipinski definition) is 2. The van der Waals surface area contributed by atoms with E-state index >= 15 is 0 Å². The van der Waals surface area contributed by atoms with E-state index in [4.69, 9.17) is 15.7 Å². The molecule has 1 aromatic heterocycles. The minimum absolute atomic E-state index is 0.0211. The van der Waals surface area contributed by atoms with E-state index in [2.05, 4.69) is 22.0 Å². The third-order valence-electron chi connectivity index (χ3n) is 2.77. The first-order valence-corrected chi connectivity index (χ1v) is 5.51. The van der Waals surface area contributed by atoms with Crippen molar-refractivity contribution in [3.8, 4) is 0 Å². The summed E-state index contributed by atoms with van der Waals surface area (Å²) in [6.45, 7) is 4.26. The maximum absolute atomic E-state index is 8.63. The molecule has 1 fully saturated rings. The van der Waals surface area contributed by atoms with Crippen LogP contribution in [0, 0.1) is 0 Å². The number of anilines is 1. The maximum atomic E-state index is 8.63. The fourth-order valence-electron chi connectivity index (χ4n) is 1.84. The van der Waals surface area contributed by atoms with Gasteiger partial charge in [0, 0.05) is 6.54 Å². The van der Waals surface area contributed by atoms with E-state index < -0.39 is 0 Å². The summed E-state index contributed by atoms with van der Waals surface area (Å²) < 4.78 is 5.37. The lowest BCUT2D eigenvalue weighted by Gasteiger charge is -2.34. The zero-order chi connectivity index (χ0) is 12.3. The number of ether oxygens (including phenoxy) is 1. The zero-order valence-corrected chi connectivity index (χ0v) is 9.71. The van der Waals surface area contributed by atoms with Crippen LogP contribution in [0.4, 0.5) is 5.82 Å². The van der Waals surface area contributed by atoms with Crippen LogP contribution in [0.15, 0.2) is 23.4 Å². The van der Waals surface area contributed by atoms with E-state index in [0.29, 0.717) is 18.9 Å². The third-order valence-corrected chi connectivity index (χ3v) is 2.77. The molecule has 0 amide bonds. The minimum Gasteiger partial charge on any atom is -0.409 e. The van der Waals surface area contributed by atoms with Crippen LogP contribution < -0.4 is 10.6 Å². The van der Waals surface area contributed by atoms with Crippen LogP contribution in [-0.2, 0) is 4.74 Å². The molecule has 17 heavy (non-hydrogen) atoms. The van der Waals surface area contributed by atoms with Crippen molar-refractivity contribution in [2.45, 2.75) is 13.0 Å². The van der Waals surface area contributed by atoms with Crippen LogP contribution in [0.5, 0.6) is 0 Å². The van der Waals surface area contributed by atoms with E-state index in [1.807, 2.05) is 12.1 Å². The maximum Gasteiger partial charge on any atom is 0.188 e. The molecule has 0 radical (unpaired) electrons. The summed E-state index contributed by atoms with van der Waals surface area (Å²) in [7, 11) is 0. The summed E-state index contributed by atoms with van der Waals surface area (Å²) in [4.78, 5) is 6.52. The van der Waals surface area contributed by atoms with Gasteiger partial charge in [-0.05, 0) is 19.1 Å². The van der Waals surface area contributed by atoms with E-state index in [-0.39, 0.29) is 11.9 Å². The molecule has 0 saturated carbocycles. The topological polar surface area (TPSA) is 84.0 Å². The number of oxime groups is 1. The van der Waals surface area contributed by atoms with E-state index in [9.17, 15) is 0 Å². The standard InChI is InChI=1S/C11H16N4O2/c1-8-7-17-6-5-15(8)10-4-2-3-9(13-10)11(12)14-16/h2-4,8,16H,5-7H2,1H3,(H2,12,14). The molecule has 2 heterocycles. The molecule has 1 atom stereocenters. The van der Waals surface area contributed by atoms with Crippen LogP contribution in [-0.4, -0.2) is 41.8 Å². The van der Waals surface area contributed by atoms with Gasteiger partial charge in [0.25, 0.3) is 0 Å². The molecule has 6 nitrogen and oxygen atoms in total. The van der Waals surface area contributed by atoms with Gasteiger partial charge >= 0.3 is 0 Å². The van der Waals surface area contributed by atoms with Crippen molar-refractivity contribution in [1.29, 1.82) is 0 Å². The molecule has 0 aliphatic carbocycles. The predicted octanol–water partition coefficient (Wildman–Crippen LogP) is 0.401. The highest BCUT2D eigenvalue weighted by molar-refractivity contribution is 5.95. The smallest absolute Gasteiger partial charge is 0.188 e. The van der Waals surface area contributed by atoms with E-state index in [1.165, 1.54) is 0 Å². The van der Waals surface area contributed by atoms with Gasteiger partial charge in [-0.15, -0.1) is 0 Å². The molecule has 0 aromatic carbocycles. The SMILES string of the molecule is CC1COCCN1c1cccc(C(N)=NO)n1. The second-order valence-electron chi connectivity index (χ2n) is 3.98. The lowest BCUT2D eigenvalue weighted by Crippen LogP contribution is -2.44. The molecule has 1 aliphatic rings. The minimum atomic E-state index is 0.0211. The molecule has 92 valence electrons. The van der Waals surface area contributed by atoms with Gasteiger partial charge in [0.2, 0.25) is 0 Å². The number of rotatable bonds is 2. The number of morpholine rings is 1. The molecule has 6 heteroatoms. The highest BCUT2D eigenvalue weighted by atomic mass is 16.5. The number of aromatic nitrogens is 1. The Kier molecular flexibility index (Phi) is 3.43. The van der Waals surface area contributed by atoms with Crippen molar-refractivity contribution in [1.82, 2.24) is 4.98 Å². The summed E-state index contributed by atoms with van der Waals surface area (Å²) in [5.41, 5.74) is 6.00. The Labute approximate surface area is 99.7 Å². The van der Waals surface area contributed by atoms with Crippen LogP contribution in [0.2, 0.25) is 0 Å². The van der Waals surface area contributed by atoms with E-state index in [0.717, 1.165) is 12.4 Å². The van der Waals surface area contributed by atoms with Gasteiger partial charge < -0.3 is 20.6 Å². The molecule has 1 unspecified atom stereocenters. The summed E-state index contributed by atoms with van der Waals surface area (Å²) in [5.74, 6) is 0.845. The van der Waals surface area contributed by atoms with Gasteiger partial charge in [-0.2, -0.15) is 0 Å². The number of hydrogen-bond acceptors (Lipinski definition) is 5. The van der Waals surface area contributed by atoms with Gasteiger partial charge in [0.05, 0.1) is 19.3 Å². The van der Waals surface area contributed by atoms with Gasteiger partial charge in [-0.3, -0.25) is 0 Å². The van der Waals surface area contributed by atoms with Crippen LogP contribution in [0.1, 0.15) is 12.6 Å². The van der Waals surface area contributed by atoms with Crippen molar-refractivity contribution < 1.29 is 9.94 Å². The average molecular weight is 236 g/mol. The van der Waals surface area contributed by atoms with Crippen molar-refractivity contribution in [3.05, 3.63) is 23.9 Å². The fourth-order valence-corrected chi connectivity index (χ4v) is 1.84. The average Bonchev–Trinajstić information content (AvgIpc) is 2.38. The van der Waals surface area contributed by atoms with Gasteiger partial charge in [-0.1, -0.05) is 11.2 Å². The van der Waals surface area contributed by atoms with Crippen LogP contribution in [0.25, 0.3) is 0 Å². The fraction of sp³-hybridized carbons (Fsp3) is 0.455. The summed E-state index contributed by atoms with van der Waals surface area (Å²) >= 11 is 0. The first-order valence-electron chi connectivity index (χ1n) is 5.51. The van der Waals surface area contributed by atoms with E-state index in [1.54, 1.807) is 6.07 Å². The van der Waals surface area contributed by atoms with Crippen LogP contribution in [0.3, 0.4) is 0 Å². The second-order valence-corrected chi connectivity index (χ2v) is 3.98. The first kappa shape index (κ1) is 11.7. The Balaban J connectivity index is 2.26. The normalized spacial score (nSPS) is 21.6. The summed E-state index contributed by atoms with van der Waals surface area (Å²) in [6.07, 6.45) is 0. The lowest BCUT2D eigenvalue weighted by molar-refractivity contribution is 0.0985. The Hall–Kier alpha value is -1.82. The Morgan fingerprint density at radius 1 is 1.65 bits per heavy atom. The number of nitrogens with zero attached hydrogens (tertiary/aromatic N) is 3. The number of pyridine rings is 1. The van der Waals surface area contributed by atoms with Crippen molar-refractivity contribution in [2.75, 3.05) is 24.7 Å². The molecule has 1 aromatic rings. The molecular formula is C11H16N4O2. The largest absolute Gasteiger partial charge is 0.409 e. The summed E-state index contributed by atoms with van der Waals surface area (Å²) in [6, 6.07) is 5.75. The molecule has 0 spiro atoms. The quantitative estimate of drug-likeness (QED) is 0.336. The monoisotopic (exact) mass is 236 g/mol. The van der Waals surface area contributed by atoms with Crippen molar-refractivity contribution in [2.24, 2.45) is 10.9 Å². The molecule has 1 saturated heterocycles. The molecule has 2 rings (SSSR count). The van der Waals surface area contributed by atoms with Crippen LogP contribution >= 0.6 is 0 Å². The van der Waals surface area contributed by atoms with Gasteiger partial charge in [0.15, 0.2) is 5.84 Å². The van der Waals surface area contributed by atoms with Gasteiger partial charge in [-0.25, -0.2) is 4.98 Å². The predicted molar refractivity (Wildman–Crippen MR) is 64.4 cm³/mol. The Morgan fingerprint density at radius 3 is 3.18 bits per heavy atom. The number of nitrogens with two attached hydrogens (primary N) is 1. The zero-order valence-electron chi connectivity index (χ0n) is 9.71. The second kappa shape index (κ2) is 5.01. The number of amidine groups is 1. The first-order chi connectivity index (χ1) is 8.22. The highest BCUT2D eigenvalue weighted by Gasteiger charge is 2.20. The highest BCUT2D eigenvalue weighted by Crippen LogP contribution is 2.17. The van der Waals surface area contributed by atoms with Crippen molar-refractivity contribution in [3.63, 3.8) is 0 Å². The summed E-state index contributed by atoms with van der Waals surface area (Å²) in [5, 5.41) is 11.6. The molecule has 0 bridgehead atoms. The van der Waals surface area contributed by atoms with Gasteiger partial charge in [0.1, 0.15) is 11.5 Å².